The quantitative estimate of drug-likeness (QED) is 0.252. The number of aliphatic hydroxyl groups excluding tert-OH is 1. The lowest BCUT2D eigenvalue weighted by Crippen LogP contribution is -2.31. The van der Waals surface area contributed by atoms with Crippen LogP contribution in [0.5, 0.6) is 11.5 Å². The third-order valence-corrected chi connectivity index (χ3v) is 9.38. The number of nitrogens with zero attached hydrogens (tertiary/aromatic N) is 6. The Morgan fingerprint density at radius 2 is 1.88 bits per heavy atom. The maximum atomic E-state index is 12.4. The smallest absolute Gasteiger partial charge is 0.410 e. The number of hydrogen-bond acceptors (Lipinski definition) is 11. The van der Waals surface area contributed by atoms with Gasteiger partial charge in [0.2, 0.25) is 0 Å². The first-order valence-corrected chi connectivity index (χ1v) is 15.6. The van der Waals surface area contributed by atoms with Gasteiger partial charge in [0.25, 0.3) is 5.89 Å². The SMILES string of the molecule is CC1CN(Cc2ccc(-c3nc(C4CC(O)N(C5CC5)C4)no3)cc2Oc2ccc(-c3nnc(C(C)C)s3)cc2)C(=O)O1. The van der Waals surface area contributed by atoms with Crippen molar-refractivity contribution in [2.45, 2.75) is 76.8 Å². The van der Waals surface area contributed by atoms with Gasteiger partial charge >= 0.3 is 6.09 Å². The molecule has 4 aromatic rings. The van der Waals surface area contributed by atoms with Crippen molar-refractivity contribution in [3.63, 3.8) is 0 Å². The number of likely N-dealkylation sites (tertiary alicyclic amines) is 1. The molecule has 4 heterocycles. The molecule has 3 fully saturated rings. The van der Waals surface area contributed by atoms with E-state index in [1.165, 1.54) is 0 Å². The molecule has 12 heteroatoms. The van der Waals surface area contributed by atoms with Crippen LogP contribution in [0.4, 0.5) is 4.79 Å². The third kappa shape index (κ3) is 5.86. The van der Waals surface area contributed by atoms with Gasteiger partial charge in [-0.05, 0) is 62.6 Å². The van der Waals surface area contributed by atoms with E-state index in [1.54, 1.807) is 16.2 Å². The topological polar surface area (TPSA) is 127 Å². The van der Waals surface area contributed by atoms with E-state index in [2.05, 4.69) is 34.1 Å². The lowest BCUT2D eigenvalue weighted by atomic mass is 10.1. The highest BCUT2D eigenvalue weighted by molar-refractivity contribution is 7.14. The Morgan fingerprint density at radius 1 is 1.09 bits per heavy atom. The molecule has 3 atom stereocenters. The van der Waals surface area contributed by atoms with Crippen LogP contribution in [-0.2, 0) is 11.3 Å². The summed E-state index contributed by atoms with van der Waals surface area (Å²) < 4.78 is 17.4. The molecule has 224 valence electrons. The van der Waals surface area contributed by atoms with Crippen molar-refractivity contribution in [3.05, 3.63) is 58.9 Å². The second-order valence-electron chi connectivity index (χ2n) is 11.9. The Kier molecular flexibility index (Phi) is 7.36. The normalized spacial score (nSPS) is 22.5. The van der Waals surface area contributed by atoms with Crippen LogP contribution in [0.15, 0.2) is 47.0 Å². The molecule has 0 bridgehead atoms. The number of amides is 1. The molecule has 1 aliphatic carbocycles. The van der Waals surface area contributed by atoms with Gasteiger partial charge in [0.1, 0.15) is 33.8 Å². The predicted molar refractivity (Wildman–Crippen MR) is 159 cm³/mol. The first kappa shape index (κ1) is 27.9. The Bertz CT molecular complexity index is 1620. The second kappa shape index (κ2) is 11.3. The summed E-state index contributed by atoms with van der Waals surface area (Å²) in [4.78, 5) is 20.9. The van der Waals surface area contributed by atoms with Crippen LogP contribution in [0.3, 0.4) is 0 Å². The molecule has 3 aliphatic rings. The van der Waals surface area contributed by atoms with E-state index in [9.17, 15) is 9.90 Å². The van der Waals surface area contributed by atoms with Crippen LogP contribution in [0, 0.1) is 0 Å². The molecule has 0 spiro atoms. The van der Waals surface area contributed by atoms with Gasteiger partial charge in [-0.2, -0.15) is 4.98 Å². The molecule has 2 aromatic heterocycles. The zero-order valence-electron chi connectivity index (χ0n) is 24.3. The number of benzene rings is 2. The summed E-state index contributed by atoms with van der Waals surface area (Å²) in [5.74, 6) is 2.55. The molecular weight excluding hydrogens is 568 g/mol. The molecule has 0 radical (unpaired) electrons. The highest BCUT2D eigenvalue weighted by atomic mass is 32.1. The van der Waals surface area contributed by atoms with Gasteiger partial charge in [-0.15, -0.1) is 10.2 Å². The Hall–Kier alpha value is -3.87. The summed E-state index contributed by atoms with van der Waals surface area (Å²) in [7, 11) is 0. The van der Waals surface area contributed by atoms with Crippen molar-refractivity contribution in [2.24, 2.45) is 0 Å². The van der Waals surface area contributed by atoms with Crippen LogP contribution < -0.4 is 4.74 Å². The molecule has 43 heavy (non-hydrogen) atoms. The zero-order chi connectivity index (χ0) is 29.7. The minimum absolute atomic E-state index is 0.0226. The van der Waals surface area contributed by atoms with E-state index < -0.39 is 6.23 Å². The van der Waals surface area contributed by atoms with Crippen LogP contribution in [0.2, 0.25) is 0 Å². The summed E-state index contributed by atoms with van der Waals surface area (Å²) in [6.45, 7) is 7.66. The molecule has 3 unspecified atom stereocenters. The summed E-state index contributed by atoms with van der Waals surface area (Å²) in [6.07, 6.45) is 1.89. The van der Waals surface area contributed by atoms with Crippen molar-refractivity contribution in [1.29, 1.82) is 0 Å². The highest BCUT2D eigenvalue weighted by Gasteiger charge is 2.42. The molecular formula is C31H34N6O5S. The summed E-state index contributed by atoms with van der Waals surface area (Å²) in [5, 5.41) is 25.3. The number of aliphatic hydroxyl groups is 1. The lowest BCUT2D eigenvalue weighted by molar-refractivity contribution is 0.0326. The van der Waals surface area contributed by atoms with Crippen LogP contribution in [0.1, 0.15) is 68.3 Å². The molecule has 1 N–H and O–H groups in total. The maximum absolute atomic E-state index is 12.4. The van der Waals surface area contributed by atoms with Crippen molar-refractivity contribution in [2.75, 3.05) is 13.1 Å². The number of ether oxygens (including phenoxy) is 2. The van der Waals surface area contributed by atoms with E-state index in [1.807, 2.05) is 49.4 Å². The van der Waals surface area contributed by atoms with Gasteiger partial charge in [0.05, 0.1) is 13.1 Å². The molecule has 2 saturated heterocycles. The first-order valence-electron chi connectivity index (χ1n) is 14.8. The number of carbonyl (C=O) groups is 1. The second-order valence-corrected chi connectivity index (χ2v) is 12.9. The van der Waals surface area contributed by atoms with Gasteiger partial charge in [0, 0.05) is 41.1 Å². The van der Waals surface area contributed by atoms with Crippen LogP contribution >= 0.6 is 11.3 Å². The van der Waals surface area contributed by atoms with E-state index in [-0.39, 0.29) is 18.1 Å². The summed E-state index contributed by atoms with van der Waals surface area (Å²) >= 11 is 1.59. The van der Waals surface area contributed by atoms with Gasteiger partial charge in [-0.3, -0.25) is 4.90 Å². The molecule has 2 aromatic carbocycles. The molecule has 1 saturated carbocycles. The molecule has 2 aliphatic heterocycles. The predicted octanol–water partition coefficient (Wildman–Crippen LogP) is 5.78. The zero-order valence-corrected chi connectivity index (χ0v) is 25.2. The van der Waals surface area contributed by atoms with Crippen LogP contribution in [0.25, 0.3) is 22.0 Å². The number of cyclic esters (lactones) is 1. The van der Waals surface area contributed by atoms with Crippen molar-refractivity contribution in [3.8, 4) is 33.5 Å². The van der Waals surface area contributed by atoms with Gasteiger partial charge in [0.15, 0.2) is 5.82 Å². The monoisotopic (exact) mass is 602 g/mol. The lowest BCUT2D eigenvalue weighted by Gasteiger charge is -2.18. The molecule has 1 amide bonds. The van der Waals surface area contributed by atoms with Crippen molar-refractivity contribution < 1.29 is 23.9 Å². The Balaban J connectivity index is 1.14. The van der Waals surface area contributed by atoms with E-state index in [0.29, 0.717) is 60.2 Å². The minimum atomic E-state index is -0.464. The average molecular weight is 603 g/mol. The highest BCUT2D eigenvalue weighted by Crippen LogP contribution is 2.39. The van der Waals surface area contributed by atoms with Gasteiger partial charge in [-0.1, -0.05) is 36.4 Å². The number of rotatable bonds is 9. The first-order chi connectivity index (χ1) is 20.8. The standard InChI is InChI=1S/C31H34N6O5S/c1-17(2)29-33-34-30(43-29)19-6-10-24(11-7-19)41-25-12-20(4-5-21(25)15-36-14-18(3)40-31(36)39)28-32-27(35-42-28)22-13-26(38)37(16-22)23-8-9-23/h4-7,10-12,17-18,22-23,26,38H,8-9,13-16H2,1-3H3. The summed E-state index contributed by atoms with van der Waals surface area (Å²) in [6, 6.07) is 13.9. The molecule has 11 nitrogen and oxygen atoms in total. The van der Waals surface area contributed by atoms with Crippen molar-refractivity contribution in [1.82, 2.24) is 30.1 Å². The maximum Gasteiger partial charge on any atom is 0.410 e. The third-order valence-electron chi connectivity index (χ3n) is 8.11. The Labute approximate surface area is 253 Å². The van der Waals surface area contributed by atoms with E-state index in [4.69, 9.17) is 19.0 Å². The number of carbonyl (C=O) groups excluding carboxylic acids is 1. The average Bonchev–Trinajstić information content (AvgIpc) is 3.34. The molecule has 7 rings (SSSR count). The number of hydrogen-bond donors (Lipinski definition) is 1. The van der Waals surface area contributed by atoms with Gasteiger partial charge in [-0.25, -0.2) is 4.79 Å². The largest absolute Gasteiger partial charge is 0.457 e. The number of aromatic nitrogens is 4. The van der Waals surface area contributed by atoms with E-state index in [0.717, 1.165) is 40.5 Å². The fourth-order valence-electron chi connectivity index (χ4n) is 5.64. The fourth-order valence-corrected chi connectivity index (χ4v) is 6.49. The Morgan fingerprint density at radius 3 is 2.58 bits per heavy atom. The summed E-state index contributed by atoms with van der Waals surface area (Å²) in [5.41, 5.74) is 2.50. The fraction of sp³-hybridized carbons (Fsp3) is 0.452. The van der Waals surface area contributed by atoms with Gasteiger partial charge < -0.3 is 24.0 Å². The minimum Gasteiger partial charge on any atom is -0.457 e. The van der Waals surface area contributed by atoms with E-state index >= 15 is 0 Å². The van der Waals surface area contributed by atoms with Crippen molar-refractivity contribution >= 4 is 17.4 Å². The van der Waals surface area contributed by atoms with Crippen LogP contribution in [-0.4, -0.2) is 72.8 Å².